The summed E-state index contributed by atoms with van der Waals surface area (Å²) in [6.45, 7) is 8.23. The second-order valence-corrected chi connectivity index (χ2v) is 4.54. The number of hydrogen-bond donors (Lipinski definition) is 2. The summed E-state index contributed by atoms with van der Waals surface area (Å²) in [5.41, 5.74) is 1.43. The standard InChI is InChI=1S/C11H18N2O2/c1-8-7-12-6-5-9(8)13-10(14)15-11(2,3)4/h5-6,12H,7H2,1-4H3,(H,13,14). The topological polar surface area (TPSA) is 50.4 Å². The van der Waals surface area contributed by atoms with Gasteiger partial charge in [0.25, 0.3) is 0 Å². The van der Waals surface area contributed by atoms with Crippen molar-refractivity contribution >= 4 is 6.09 Å². The van der Waals surface area contributed by atoms with E-state index in [2.05, 4.69) is 10.6 Å². The van der Waals surface area contributed by atoms with E-state index in [1.54, 1.807) is 6.20 Å². The second kappa shape index (κ2) is 4.38. The van der Waals surface area contributed by atoms with Crippen molar-refractivity contribution in [2.75, 3.05) is 6.54 Å². The molecule has 0 saturated carbocycles. The highest BCUT2D eigenvalue weighted by atomic mass is 16.6. The third-order valence-corrected chi connectivity index (χ3v) is 1.83. The van der Waals surface area contributed by atoms with Crippen LogP contribution in [0.5, 0.6) is 0 Å². The Morgan fingerprint density at radius 2 is 2.20 bits per heavy atom. The van der Waals surface area contributed by atoms with E-state index in [4.69, 9.17) is 4.74 Å². The van der Waals surface area contributed by atoms with Gasteiger partial charge in [-0.25, -0.2) is 4.79 Å². The van der Waals surface area contributed by atoms with Gasteiger partial charge in [0, 0.05) is 12.2 Å². The quantitative estimate of drug-likeness (QED) is 0.695. The number of ether oxygens (including phenoxy) is 1. The van der Waals surface area contributed by atoms with Crippen LogP contribution in [-0.2, 0) is 4.74 Å². The van der Waals surface area contributed by atoms with E-state index < -0.39 is 11.7 Å². The minimum absolute atomic E-state index is 0.414. The zero-order chi connectivity index (χ0) is 11.5. The summed E-state index contributed by atoms with van der Waals surface area (Å²) in [5, 5.41) is 5.77. The summed E-state index contributed by atoms with van der Waals surface area (Å²) in [5.74, 6) is 0. The molecule has 4 heteroatoms. The number of dihydropyridines is 1. The van der Waals surface area contributed by atoms with Crippen molar-refractivity contribution in [3.8, 4) is 0 Å². The summed E-state index contributed by atoms with van der Waals surface area (Å²) in [4.78, 5) is 11.5. The first-order valence-corrected chi connectivity index (χ1v) is 4.98. The number of allylic oxidation sites excluding steroid dienone is 1. The molecule has 15 heavy (non-hydrogen) atoms. The highest BCUT2D eigenvalue weighted by Gasteiger charge is 2.17. The molecule has 0 aromatic rings. The average Bonchev–Trinajstić information content (AvgIpc) is 2.05. The van der Waals surface area contributed by atoms with Gasteiger partial charge in [-0.15, -0.1) is 0 Å². The Kier molecular flexibility index (Phi) is 3.39. The minimum atomic E-state index is -0.463. The van der Waals surface area contributed by atoms with E-state index in [0.717, 1.165) is 17.8 Å². The van der Waals surface area contributed by atoms with Gasteiger partial charge in [0.15, 0.2) is 0 Å². The molecular formula is C11H18N2O2. The largest absolute Gasteiger partial charge is 0.444 e. The van der Waals surface area contributed by atoms with Crippen molar-refractivity contribution in [3.05, 3.63) is 23.5 Å². The molecule has 1 aliphatic heterocycles. The molecular weight excluding hydrogens is 192 g/mol. The van der Waals surface area contributed by atoms with Gasteiger partial charge in [-0.2, -0.15) is 0 Å². The summed E-state index contributed by atoms with van der Waals surface area (Å²) in [7, 11) is 0. The number of carbonyl (C=O) groups excluding carboxylic acids is 1. The molecule has 0 atom stereocenters. The molecule has 0 unspecified atom stereocenters. The molecule has 0 aliphatic carbocycles. The van der Waals surface area contributed by atoms with E-state index in [1.807, 2.05) is 33.8 Å². The van der Waals surface area contributed by atoms with Crippen LogP contribution in [0.2, 0.25) is 0 Å². The highest BCUT2D eigenvalue weighted by Crippen LogP contribution is 2.10. The molecule has 1 amide bonds. The van der Waals surface area contributed by atoms with Crippen molar-refractivity contribution < 1.29 is 9.53 Å². The van der Waals surface area contributed by atoms with E-state index in [9.17, 15) is 4.79 Å². The van der Waals surface area contributed by atoms with Crippen LogP contribution in [0.1, 0.15) is 27.7 Å². The lowest BCUT2D eigenvalue weighted by atomic mass is 10.2. The number of rotatable bonds is 1. The zero-order valence-corrected chi connectivity index (χ0v) is 9.68. The maximum atomic E-state index is 11.5. The zero-order valence-electron chi connectivity index (χ0n) is 9.68. The summed E-state index contributed by atoms with van der Waals surface area (Å²) in [6, 6.07) is 0. The molecule has 4 nitrogen and oxygen atoms in total. The monoisotopic (exact) mass is 210 g/mol. The number of alkyl carbamates (subject to hydrolysis) is 1. The molecule has 1 heterocycles. The molecule has 0 saturated heterocycles. The van der Waals surface area contributed by atoms with Gasteiger partial charge >= 0.3 is 6.09 Å². The number of hydrogen-bond acceptors (Lipinski definition) is 3. The van der Waals surface area contributed by atoms with Crippen molar-refractivity contribution in [3.63, 3.8) is 0 Å². The van der Waals surface area contributed by atoms with E-state index >= 15 is 0 Å². The number of carbonyl (C=O) groups is 1. The Hall–Kier alpha value is -1.45. The van der Waals surface area contributed by atoms with Crippen LogP contribution in [-0.4, -0.2) is 18.2 Å². The normalized spacial score (nSPS) is 16.0. The summed E-state index contributed by atoms with van der Waals surface area (Å²) < 4.78 is 5.15. The van der Waals surface area contributed by atoms with E-state index in [-0.39, 0.29) is 0 Å². The maximum Gasteiger partial charge on any atom is 0.412 e. The van der Waals surface area contributed by atoms with Gasteiger partial charge < -0.3 is 10.1 Å². The molecule has 0 spiro atoms. The van der Waals surface area contributed by atoms with Gasteiger partial charge in [-0.05, 0) is 45.5 Å². The molecule has 84 valence electrons. The van der Waals surface area contributed by atoms with Crippen molar-refractivity contribution in [2.24, 2.45) is 0 Å². The number of nitrogens with one attached hydrogen (secondary N) is 2. The third-order valence-electron chi connectivity index (χ3n) is 1.83. The average molecular weight is 210 g/mol. The SMILES string of the molecule is CC1=C(NC(=O)OC(C)(C)C)C=CNC1. The fourth-order valence-corrected chi connectivity index (χ4v) is 1.15. The first-order valence-electron chi connectivity index (χ1n) is 4.98. The molecule has 1 rings (SSSR count). The van der Waals surface area contributed by atoms with Crippen molar-refractivity contribution in [1.82, 2.24) is 10.6 Å². The Bertz CT molecular complexity index is 311. The van der Waals surface area contributed by atoms with Gasteiger partial charge in [0.2, 0.25) is 0 Å². The molecule has 0 radical (unpaired) electrons. The van der Waals surface area contributed by atoms with E-state index in [1.165, 1.54) is 0 Å². The summed E-state index contributed by atoms with van der Waals surface area (Å²) >= 11 is 0. The maximum absolute atomic E-state index is 11.5. The Balaban J connectivity index is 2.55. The van der Waals surface area contributed by atoms with Crippen LogP contribution in [0.25, 0.3) is 0 Å². The third kappa shape index (κ3) is 4.06. The van der Waals surface area contributed by atoms with Crippen LogP contribution in [0.3, 0.4) is 0 Å². The van der Waals surface area contributed by atoms with Gasteiger partial charge in [0.1, 0.15) is 5.60 Å². The smallest absolute Gasteiger partial charge is 0.412 e. The molecule has 1 aliphatic rings. The van der Waals surface area contributed by atoms with Crippen LogP contribution in [0.4, 0.5) is 4.79 Å². The predicted molar refractivity (Wildman–Crippen MR) is 59.2 cm³/mol. The molecule has 0 aromatic heterocycles. The highest BCUT2D eigenvalue weighted by molar-refractivity contribution is 5.71. The Labute approximate surface area is 90.4 Å². The fraction of sp³-hybridized carbons (Fsp3) is 0.545. The molecule has 0 bridgehead atoms. The van der Waals surface area contributed by atoms with Crippen LogP contribution < -0.4 is 10.6 Å². The number of amides is 1. The molecule has 2 N–H and O–H groups in total. The lowest BCUT2D eigenvalue weighted by Crippen LogP contribution is -2.33. The van der Waals surface area contributed by atoms with Crippen molar-refractivity contribution in [2.45, 2.75) is 33.3 Å². The van der Waals surface area contributed by atoms with Crippen molar-refractivity contribution in [1.29, 1.82) is 0 Å². The van der Waals surface area contributed by atoms with E-state index in [0.29, 0.717) is 0 Å². The lowest BCUT2D eigenvalue weighted by Gasteiger charge is -2.21. The summed E-state index contributed by atoms with van der Waals surface area (Å²) in [6.07, 6.45) is 3.21. The van der Waals surface area contributed by atoms with Gasteiger partial charge in [-0.1, -0.05) is 0 Å². The van der Waals surface area contributed by atoms with Crippen LogP contribution in [0, 0.1) is 0 Å². The predicted octanol–water partition coefficient (Wildman–Crippen LogP) is 1.90. The second-order valence-electron chi connectivity index (χ2n) is 4.54. The molecule has 0 aromatic carbocycles. The Morgan fingerprint density at radius 3 is 2.73 bits per heavy atom. The minimum Gasteiger partial charge on any atom is -0.444 e. The Morgan fingerprint density at radius 1 is 1.53 bits per heavy atom. The van der Waals surface area contributed by atoms with Crippen LogP contribution in [0.15, 0.2) is 23.5 Å². The van der Waals surface area contributed by atoms with Crippen LogP contribution >= 0.6 is 0 Å². The fourth-order valence-electron chi connectivity index (χ4n) is 1.15. The molecule has 0 fully saturated rings. The first kappa shape index (κ1) is 11.6. The lowest BCUT2D eigenvalue weighted by molar-refractivity contribution is 0.0547. The van der Waals surface area contributed by atoms with Gasteiger partial charge in [-0.3, -0.25) is 5.32 Å². The van der Waals surface area contributed by atoms with Gasteiger partial charge in [0.05, 0.1) is 0 Å². The first-order chi connectivity index (χ1) is 6.88.